The molecule has 0 bridgehead atoms. The van der Waals surface area contributed by atoms with Crippen LogP contribution < -0.4 is 5.32 Å². The first-order valence-corrected chi connectivity index (χ1v) is 9.54. The molecule has 0 aliphatic carbocycles. The molecule has 2 aromatic heterocycles. The first-order chi connectivity index (χ1) is 13.1. The fourth-order valence-electron chi connectivity index (χ4n) is 3.60. The molecule has 1 aliphatic heterocycles. The third-order valence-corrected chi connectivity index (χ3v) is 5.27. The molecule has 146 valence electrons. The minimum absolute atomic E-state index is 0.0619. The minimum atomic E-state index is 0.0619. The van der Waals surface area contributed by atoms with Gasteiger partial charge in [-0.05, 0) is 38.0 Å². The van der Waals surface area contributed by atoms with E-state index >= 15 is 0 Å². The highest BCUT2D eigenvalue weighted by Crippen LogP contribution is 2.19. The van der Waals surface area contributed by atoms with E-state index in [0.717, 1.165) is 43.4 Å². The Morgan fingerprint density at radius 2 is 2.07 bits per heavy atom. The molecule has 1 atom stereocenters. The molecular formula is C20H29N5O2. The SMILES string of the molecule is Cc1nn(C)c(C)c1CCC(=O)NCC(c1ccccn1)N1CCOCC1. The second-order valence-corrected chi connectivity index (χ2v) is 7.00. The molecule has 0 spiro atoms. The Morgan fingerprint density at radius 3 is 2.70 bits per heavy atom. The number of carbonyl (C=O) groups excluding carboxylic acids is 1. The lowest BCUT2D eigenvalue weighted by Crippen LogP contribution is -2.44. The van der Waals surface area contributed by atoms with Crippen LogP contribution in [0.2, 0.25) is 0 Å². The Bertz CT molecular complexity index is 753. The summed E-state index contributed by atoms with van der Waals surface area (Å²) in [5, 5.41) is 7.53. The highest BCUT2D eigenvalue weighted by atomic mass is 16.5. The summed E-state index contributed by atoms with van der Waals surface area (Å²) in [5.41, 5.74) is 4.28. The molecule has 1 amide bonds. The summed E-state index contributed by atoms with van der Waals surface area (Å²) in [6.07, 6.45) is 2.98. The number of amides is 1. The van der Waals surface area contributed by atoms with Gasteiger partial charge in [0.1, 0.15) is 0 Å². The average Bonchev–Trinajstić information content (AvgIpc) is 2.93. The van der Waals surface area contributed by atoms with E-state index in [9.17, 15) is 4.79 Å². The number of nitrogens with zero attached hydrogens (tertiary/aromatic N) is 4. The third-order valence-electron chi connectivity index (χ3n) is 5.27. The molecule has 27 heavy (non-hydrogen) atoms. The van der Waals surface area contributed by atoms with Crippen LogP contribution in [0.4, 0.5) is 0 Å². The van der Waals surface area contributed by atoms with Crippen LogP contribution in [0.3, 0.4) is 0 Å². The van der Waals surface area contributed by atoms with Crippen LogP contribution >= 0.6 is 0 Å². The minimum Gasteiger partial charge on any atom is -0.379 e. The summed E-state index contributed by atoms with van der Waals surface area (Å²) >= 11 is 0. The highest BCUT2D eigenvalue weighted by Gasteiger charge is 2.24. The van der Waals surface area contributed by atoms with Gasteiger partial charge >= 0.3 is 0 Å². The van der Waals surface area contributed by atoms with Gasteiger partial charge in [-0.2, -0.15) is 5.10 Å². The Kier molecular flexibility index (Phi) is 6.58. The summed E-state index contributed by atoms with van der Waals surface area (Å²) in [4.78, 5) is 19.3. The number of rotatable bonds is 7. The van der Waals surface area contributed by atoms with E-state index in [1.165, 1.54) is 5.56 Å². The lowest BCUT2D eigenvalue weighted by Gasteiger charge is -2.34. The molecule has 1 aliphatic rings. The van der Waals surface area contributed by atoms with Crippen molar-refractivity contribution in [3.05, 3.63) is 47.0 Å². The quantitative estimate of drug-likeness (QED) is 0.800. The summed E-state index contributed by atoms with van der Waals surface area (Å²) in [7, 11) is 1.94. The van der Waals surface area contributed by atoms with Crippen molar-refractivity contribution < 1.29 is 9.53 Å². The zero-order valence-electron chi connectivity index (χ0n) is 16.4. The summed E-state index contributed by atoms with van der Waals surface area (Å²) in [6.45, 7) is 7.74. The molecule has 0 radical (unpaired) electrons. The van der Waals surface area contributed by atoms with Crippen LogP contribution in [0.15, 0.2) is 24.4 Å². The maximum Gasteiger partial charge on any atom is 0.220 e. The van der Waals surface area contributed by atoms with Crippen molar-refractivity contribution >= 4 is 5.91 Å². The van der Waals surface area contributed by atoms with Gasteiger partial charge in [0.2, 0.25) is 5.91 Å². The molecular weight excluding hydrogens is 342 g/mol. The van der Waals surface area contributed by atoms with E-state index < -0.39 is 0 Å². The topological polar surface area (TPSA) is 72.3 Å². The average molecular weight is 371 g/mol. The van der Waals surface area contributed by atoms with Crippen molar-refractivity contribution in [2.24, 2.45) is 7.05 Å². The highest BCUT2D eigenvalue weighted by molar-refractivity contribution is 5.76. The number of hydrogen-bond acceptors (Lipinski definition) is 5. The predicted molar refractivity (Wildman–Crippen MR) is 103 cm³/mol. The fraction of sp³-hybridized carbons (Fsp3) is 0.550. The molecule has 0 saturated carbocycles. The normalized spacial score (nSPS) is 16.3. The predicted octanol–water partition coefficient (Wildman–Crippen LogP) is 1.55. The molecule has 7 heteroatoms. The molecule has 1 N–H and O–H groups in total. The first kappa shape index (κ1) is 19.5. The number of aryl methyl sites for hydroxylation is 2. The van der Waals surface area contributed by atoms with Crippen molar-refractivity contribution in [3.8, 4) is 0 Å². The largest absolute Gasteiger partial charge is 0.379 e. The molecule has 7 nitrogen and oxygen atoms in total. The van der Waals surface area contributed by atoms with Crippen LogP contribution in [0.1, 0.15) is 35.1 Å². The summed E-state index contributed by atoms with van der Waals surface area (Å²) in [5.74, 6) is 0.0619. The number of morpholine rings is 1. The number of hydrogen-bond donors (Lipinski definition) is 1. The Hall–Kier alpha value is -2.25. The van der Waals surface area contributed by atoms with E-state index in [-0.39, 0.29) is 11.9 Å². The molecule has 1 unspecified atom stereocenters. The Balaban J connectivity index is 1.58. The van der Waals surface area contributed by atoms with Gasteiger partial charge in [0.25, 0.3) is 0 Å². The second-order valence-electron chi connectivity index (χ2n) is 7.00. The smallest absolute Gasteiger partial charge is 0.220 e. The van der Waals surface area contributed by atoms with Gasteiger partial charge in [-0.3, -0.25) is 19.4 Å². The summed E-state index contributed by atoms with van der Waals surface area (Å²) in [6, 6.07) is 6.00. The lowest BCUT2D eigenvalue weighted by molar-refractivity contribution is -0.121. The van der Waals surface area contributed by atoms with E-state index in [4.69, 9.17) is 4.74 Å². The van der Waals surface area contributed by atoms with Crippen molar-refractivity contribution in [2.75, 3.05) is 32.8 Å². The zero-order chi connectivity index (χ0) is 19.2. The zero-order valence-corrected chi connectivity index (χ0v) is 16.4. The van der Waals surface area contributed by atoms with Crippen LogP contribution in [-0.2, 0) is 23.0 Å². The van der Waals surface area contributed by atoms with Crippen molar-refractivity contribution in [2.45, 2.75) is 32.7 Å². The third kappa shape index (κ3) is 4.93. The number of aromatic nitrogens is 3. The number of ether oxygens (including phenoxy) is 1. The van der Waals surface area contributed by atoms with Crippen LogP contribution in [0, 0.1) is 13.8 Å². The molecule has 0 aromatic carbocycles. The Morgan fingerprint density at radius 1 is 1.30 bits per heavy atom. The number of carbonyl (C=O) groups is 1. The number of pyridine rings is 1. The molecule has 3 heterocycles. The summed E-state index contributed by atoms with van der Waals surface area (Å²) < 4.78 is 7.34. The fourth-order valence-corrected chi connectivity index (χ4v) is 3.60. The van der Waals surface area contributed by atoms with Crippen LogP contribution in [-0.4, -0.2) is 58.4 Å². The molecule has 2 aromatic rings. The van der Waals surface area contributed by atoms with E-state index in [2.05, 4.69) is 20.3 Å². The lowest BCUT2D eigenvalue weighted by atomic mass is 10.1. The maximum atomic E-state index is 12.5. The standard InChI is InChI=1S/C20H29N5O2/c1-15-17(16(2)24(3)23-15)7-8-20(26)22-14-19(18-6-4-5-9-21-18)25-10-12-27-13-11-25/h4-6,9,19H,7-8,10-14H2,1-3H3,(H,22,26). The van der Waals surface area contributed by atoms with Crippen molar-refractivity contribution in [1.82, 2.24) is 25.0 Å². The molecule has 1 saturated heterocycles. The van der Waals surface area contributed by atoms with E-state index in [1.807, 2.05) is 43.8 Å². The monoisotopic (exact) mass is 371 g/mol. The second kappa shape index (κ2) is 9.10. The van der Waals surface area contributed by atoms with Gasteiger partial charge < -0.3 is 10.1 Å². The van der Waals surface area contributed by atoms with Gasteiger partial charge in [0.05, 0.1) is 30.6 Å². The maximum absolute atomic E-state index is 12.5. The first-order valence-electron chi connectivity index (χ1n) is 9.54. The molecule has 1 fully saturated rings. The van der Waals surface area contributed by atoms with E-state index in [1.54, 1.807) is 6.20 Å². The van der Waals surface area contributed by atoms with Gasteiger partial charge in [-0.15, -0.1) is 0 Å². The van der Waals surface area contributed by atoms with Crippen LogP contribution in [0.25, 0.3) is 0 Å². The van der Waals surface area contributed by atoms with Gasteiger partial charge in [0, 0.05) is 45.0 Å². The van der Waals surface area contributed by atoms with Crippen molar-refractivity contribution in [3.63, 3.8) is 0 Å². The van der Waals surface area contributed by atoms with Crippen molar-refractivity contribution in [1.29, 1.82) is 0 Å². The Labute approximate surface area is 160 Å². The number of nitrogens with one attached hydrogen (secondary N) is 1. The van der Waals surface area contributed by atoms with Crippen LogP contribution in [0.5, 0.6) is 0 Å². The molecule has 3 rings (SSSR count). The van der Waals surface area contributed by atoms with E-state index in [0.29, 0.717) is 19.4 Å². The van der Waals surface area contributed by atoms with Gasteiger partial charge in [-0.1, -0.05) is 6.07 Å². The van der Waals surface area contributed by atoms with Gasteiger partial charge in [0.15, 0.2) is 0 Å². The van der Waals surface area contributed by atoms with Gasteiger partial charge in [-0.25, -0.2) is 0 Å².